The molecule has 0 bridgehead atoms. The summed E-state index contributed by atoms with van der Waals surface area (Å²) in [6.45, 7) is 9.83. The average molecular weight is 322 g/mol. The van der Waals surface area contributed by atoms with Gasteiger partial charge in [0.15, 0.2) is 0 Å². The van der Waals surface area contributed by atoms with Gasteiger partial charge in [0.1, 0.15) is 0 Å². The smallest absolute Gasteiger partial charge is 0.353 e. The summed E-state index contributed by atoms with van der Waals surface area (Å²) in [6.07, 6.45) is 2.01. The lowest BCUT2D eigenvalue weighted by Crippen LogP contribution is -2.39. The van der Waals surface area contributed by atoms with E-state index in [9.17, 15) is 10.1 Å². The molecule has 0 aliphatic carbocycles. The van der Waals surface area contributed by atoms with E-state index in [0.29, 0.717) is 23.6 Å². The molecule has 3 N–H and O–H groups in total. The molecule has 0 spiro atoms. The highest BCUT2D eigenvalue weighted by Gasteiger charge is 2.31. The zero-order valence-corrected chi connectivity index (χ0v) is 14.2. The molecule has 1 saturated heterocycles. The van der Waals surface area contributed by atoms with Gasteiger partial charge in [0, 0.05) is 19.1 Å². The first-order valence-electron chi connectivity index (χ1n) is 8.15. The number of hydrogen-bond donors (Lipinski definition) is 2. The second kappa shape index (κ2) is 6.97. The van der Waals surface area contributed by atoms with Crippen molar-refractivity contribution in [1.29, 1.82) is 0 Å². The molecular weight excluding hydrogens is 296 g/mol. The van der Waals surface area contributed by atoms with Gasteiger partial charge in [0.2, 0.25) is 17.6 Å². The van der Waals surface area contributed by atoms with E-state index >= 15 is 0 Å². The van der Waals surface area contributed by atoms with E-state index in [2.05, 4.69) is 29.1 Å². The van der Waals surface area contributed by atoms with Crippen molar-refractivity contribution in [2.75, 3.05) is 29.0 Å². The number of nitrogens with two attached hydrogens (primary N) is 1. The Morgan fingerprint density at radius 1 is 1.39 bits per heavy atom. The highest BCUT2D eigenvalue weighted by molar-refractivity contribution is 5.71. The predicted octanol–water partition coefficient (Wildman–Crippen LogP) is 2.66. The van der Waals surface area contributed by atoms with Crippen molar-refractivity contribution < 1.29 is 4.92 Å². The van der Waals surface area contributed by atoms with Gasteiger partial charge in [-0.3, -0.25) is 10.1 Å². The van der Waals surface area contributed by atoms with Crippen molar-refractivity contribution in [3.05, 3.63) is 10.1 Å². The lowest BCUT2D eigenvalue weighted by atomic mass is 9.92. The molecule has 23 heavy (non-hydrogen) atoms. The van der Waals surface area contributed by atoms with Crippen LogP contribution in [0.4, 0.5) is 23.3 Å². The summed E-state index contributed by atoms with van der Waals surface area (Å²) in [4.78, 5) is 21.4. The quantitative estimate of drug-likeness (QED) is 0.633. The largest absolute Gasteiger partial charge is 0.378 e. The molecule has 1 aliphatic heterocycles. The van der Waals surface area contributed by atoms with Gasteiger partial charge in [-0.15, -0.1) is 0 Å². The molecule has 1 fully saturated rings. The third-order valence-electron chi connectivity index (χ3n) is 4.23. The monoisotopic (exact) mass is 322 g/mol. The van der Waals surface area contributed by atoms with Crippen LogP contribution in [-0.2, 0) is 0 Å². The maximum absolute atomic E-state index is 11.4. The number of rotatable bonds is 5. The van der Waals surface area contributed by atoms with Crippen LogP contribution in [-0.4, -0.2) is 34.0 Å². The van der Waals surface area contributed by atoms with Crippen LogP contribution in [0.25, 0.3) is 0 Å². The van der Waals surface area contributed by atoms with Crippen molar-refractivity contribution in [3.8, 4) is 0 Å². The molecule has 0 saturated carbocycles. The van der Waals surface area contributed by atoms with Gasteiger partial charge in [0.05, 0.1) is 4.92 Å². The summed E-state index contributed by atoms with van der Waals surface area (Å²) in [5, 5.41) is 14.6. The van der Waals surface area contributed by atoms with Gasteiger partial charge in [-0.05, 0) is 31.6 Å². The summed E-state index contributed by atoms with van der Waals surface area (Å²) in [5.41, 5.74) is 5.66. The molecule has 2 rings (SSSR count). The second-order valence-electron chi connectivity index (χ2n) is 6.67. The second-order valence-corrected chi connectivity index (χ2v) is 6.67. The van der Waals surface area contributed by atoms with Gasteiger partial charge >= 0.3 is 5.69 Å². The fourth-order valence-corrected chi connectivity index (χ4v) is 3.08. The minimum absolute atomic E-state index is 0.0864. The van der Waals surface area contributed by atoms with Crippen LogP contribution in [0.3, 0.4) is 0 Å². The minimum Gasteiger partial charge on any atom is -0.378 e. The Kier molecular flexibility index (Phi) is 5.23. The molecule has 0 aromatic carbocycles. The zero-order valence-electron chi connectivity index (χ0n) is 14.2. The molecule has 0 radical (unpaired) electrons. The predicted molar refractivity (Wildman–Crippen MR) is 91.6 cm³/mol. The number of nitrogen functional groups attached to an aromatic ring is 1. The Balaban J connectivity index is 2.43. The maximum atomic E-state index is 11.4. The van der Waals surface area contributed by atoms with Crippen LogP contribution in [0.15, 0.2) is 0 Å². The number of aromatic nitrogens is 2. The van der Waals surface area contributed by atoms with Gasteiger partial charge in [-0.2, -0.15) is 9.97 Å². The Labute approximate surface area is 136 Å². The van der Waals surface area contributed by atoms with E-state index in [1.165, 1.54) is 0 Å². The fraction of sp³-hybridized carbons (Fsp3) is 0.733. The first-order chi connectivity index (χ1) is 10.8. The SMILES string of the molecule is CC[C@H](C)Nc1nc(N)c([N+](=O)[O-])c(N2C[C@H](C)C[C@@H](C)C2)n1. The third kappa shape index (κ3) is 4.00. The molecule has 8 heteroatoms. The van der Waals surface area contributed by atoms with Crippen LogP contribution in [0.1, 0.15) is 40.5 Å². The van der Waals surface area contributed by atoms with Crippen molar-refractivity contribution in [2.45, 2.75) is 46.6 Å². The zero-order chi connectivity index (χ0) is 17.1. The molecule has 0 unspecified atom stereocenters. The number of nitrogens with zero attached hydrogens (tertiary/aromatic N) is 4. The summed E-state index contributed by atoms with van der Waals surface area (Å²) >= 11 is 0. The van der Waals surface area contributed by atoms with Crippen LogP contribution in [0, 0.1) is 22.0 Å². The molecule has 128 valence electrons. The van der Waals surface area contributed by atoms with E-state index in [4.69, 9.17) is 5.73 Å². The Morgan fingerprint density at radius 3 is 2.52 bits per heavy atom. The topological polar surface area (TPSA) is 110 Å². The number of hydrogen-bond acceptors (Lipinski definition) is 7. The van der Waals surface area contributed by atoms with Gasteiger partial charge < -0.3 is 16.0 Å². The number of anilines is 3. The Bertz CT molecular complexity index is 569. The van der Waals surface area contributed by atoms with Crippen molar-refractivity contribution >= 4 is 23.3 Å². The average Bonchev–Trinajstić information content (AvgIpc) is 2.44. The van der Waals surface area contributed by atoms with Crippen molar-refractivity contribution in [3.63, 3.8) is 0 Å². The van der Waals surface area contributed by atoms with Crippen LogP contribution in [0.2, 0.25) is 0 Å². The standard InChI is InChI=1S/C15H26N6O2/c1-5-11(4)17-15-18-13(16)12(21(22)23)14(19-15)20-7-9(2)6-10(3)8-20/h9-11H,5-8H2,1-4H3,(H3,16,17,18,19)/t9-,10-,11+/m1/s1. The normalized spacial score (nSPS) is 22.7. The van der Waals surface area contributed by atoms with Crippen LogP contribution in [0.5, 0.6) is 0 Å². The number of nitro groups is 1. The molecule has 1 aliphatic rings. The fourth-order valence-electron chi connectivity index (χ4n) is 3.08. The summed E-state index contributed by atoms with van der Waals surface area (Å²) in [6, 6.07) is 0.169. The molecule has 8 nitrogen and oxygen atoms in total. The Morgan fingerprint density at radius 2 is 2.00 bits per heavy atom. The van der Waals surface area contributed by atoms with Gasteiger partial charge in [-0.1, -0.05) is 20.8 Å². The molecular formula is C15H26N6O2. The molecule has 3 atom stereocenters. The van der Waals surface area contributed by atoms with E-state index < -0.39 is 4.92 Å². The number of piperidine rings is 1. The van der Waals surface area contributed by atoms with E-state index in [-0.39, 0.29) is 17.5 Å². The van der Waals surface area contributed by atoms with E-state index in [1.54, 1.807) is 0 Å². The Hall–Kier alpha value is -2.12. The van der Waals surface area contributed by atoms with Crippen LogP contribution >= 0.6 is 0 Å². The molecule has 2 heterocycles. The molecule has 1 aromatic rings. The minimum atomic E-state index is -0.484. The van der Waals surface area contributed by atoms with Gasteiger partial charge in [0.25, 0.3) is 0 Å². The van der Waals surface area contributed by atoms with Crippen molar-refractivity contribution in [2.24, 2.45) is 11.8 Å². The summed E-state index contributed by atoms with van der Waals surface area (Å²) in [7, 11) is 0. The first-order valence-corrected chi connectivity index (χ1v) is 8.15. The van der Waals surface area contributed by atoms with Crippen molar-refractivity contribution in [1.82, 2.24) is 9.97 Å². The maximum Gasteiger partial charge on any atom is 0.353 e. The van der Waals surface area contributed by atoms with Crippen LogP contribution < -0.4 is 16.0 Å². The lowest BCUT2D eigenvalue weighted by molar-refractivity contribution is -0.383. The van der Waals surface area contributed by atoms with Gasteiger partial charge in [-0.25, -0.2) is 0 Å². The first kappa shape index (κ1) is 17.2. The lowest BCUT2D eigenvalue weighted by Gasteiger charge is -2.35. The summed E-state index contributed by atoms with van der Waals surface area (Å²) < 4.78 is 0. The highest BCUT2D eigenvalue weighted by Crippen LogP contribution is 2.35. The third-order valence-corrected chi connectivity index (χ3v) is 4.23. The van der Waals surface area contributed by atoms with E-state index in [0.717, 1.165) is 25.9 Å². The number of nitrogens with one attached hydrogen (secondary N) is 1. The molecule has 1 aromatic heterocycles. The summed E-state index contributed by atoms with van der Waals surface area (Å²) in [5.74, 6) is 1.51. The molecule has 0 amide bonds. The van der Waals surface area contributed by atoms with E-state index in [1.807, 2.05) is 18.7 Å². The highest BCUT2D eigenvalue weighted by atomic mass is 16.6.